The van der Waals surface area contributed by atoms with Crippen molar-refractivity contribution in [3.8, 4) is 5.75 Å². The van der Waals surface area contributed by atoms with Crippen LogP contribution in [0, 0.1) is 0 Å². The standard InChI is InChI=1S/C21H29NO4.C2H6/c1-5-14-25-20-9-7-19(8-10-20)16-22(13-15-24-4)12-11-21(23)26-17-18(3)6-2;1-2/h5,7-10H,1-2,11-17H2,3-4H3;1-2H3. The third-order valence-corrected chi connectivity index (χ3v) is 3.69. The van der Waals surface area contributed by atoms with Crippen molar-refractivity contribution in [1.29, 1.82) is 0 Å². The topological polar surface area (TPSA) is 48.0 Å². The number of nitrogens with zero attached hydrogens (tertiary/aromatic N) is 1. The van der Waals surface area contributed by atoms with Crippen molar-refractivity contribution in [3.63, 3.8) is 0 Å². The van der Waals surface area contributed by atoms with Crippen LogP contribution in [0.5, 0.6) is 5.75 Å². The van der Waals surface area contributed by atoms with Crippen molar-refractivity contribution in [1.82, 2.24) is 4.90 Å². The van der Waals surface area contributed by atoms with Crippen molar-refractivity contribution in [2.45, 2.75) is 33.7 Å². The van der Waals surface area contributed by atoms with Crippen molar-refractivity contribution in [2.75, 3.05) is 40.0 Å². The molecule has 0 aliphatic heterocycles. The Kier molecular flexibility index (Phi) is 15.4. The maximum atomic E-state index is 11.9. The minimum Gasteiger partial charge on any atom is -0.490 e. The van der Waals surface area contributed by atoms with Crippen LogP contribution in [0.4, 0.5) is 0 Å². The highest BCUT2D eigenvalue weighted by atomic mass is 16.5. The maximum Gasteiger partial charge on any atom is 0.307 e. The summed E-state index contributed by atoms with van der Waals surface area (Å²) in [4.78, 5) is 14.0. The lowest BCUT2D eigenvalue weighted by Crippen LogP contribution is -2.29. The Morgan fingerprint density at radius 3 is 2.46 bits per heavy atom. The first-order valence-corrected chi connectivity index (χ1v) is 9.64. The van der Waals surface area contributed by atoms with Crippen LogP contribution >= 0.6 is 0 Å². The highest BCUT2D eigenvalue weighted by Gasteiger charge is 2.10. The van der Waals surface area contributed by atoms with E-state index in [4.69, 9.17) is 14.2 Å². The highest BCUT2D eigenvalue weighted by Crippen LogP contribution is 2.14. The molecule has 0 heterocycles. The smallest absolute Gasteiger partial charge is 0.307 e. The molecule has 5 heteroatoms. The zero-order valence-electron chi connectivity index (χ0n) is 17.8. The van der Waals surface area contributed by atoms with E-state index in [-0.39, 0.29) is 12.6 Å². The molecule has 28 heavy (non-hydrogen) atoms. The molecule has 0 aliphatic carbocycles. The van der Waals surface area contributed by atoms with E-state index in [1.165, 1.54) is 0 Å². The number of benzene rings is 1. The molecule has 0 bridgehead atoms. The molecule has 0 fully saturated rings. The number of hydrogen-bond donors (Lipinski definition) is 0. The van der Waals surface area contributed by atoms with Crippen molar-refractivity contribution >= 4 is 5.97 Å². The molecule has 0 unspecified atom stereocenters. The maximum absolute atomic E-state index is 11.9. The minimum atomic E-state index is -0.227. The van der Waals surface area contributed by atoms with Gasteiger partial charge in [0.2, 0.25) is 0 Å². The first-order chi connectivity index (χ1) is 13.6. The summed E-state index contributed by atoms with van der Waals surface area (Å²) in [6, 6.07) is 7.92. The van der Waals surface area contributed by atoms with Crippen LogP contribution in [0.3, 0.4) is 0 Å². The Balaban J connectivity index is 0.00000352. The number of esters is 1. The Hall–Kier alpha value is -2.33. The molecule has 0 spiro atoms. The third-order valence-electron chi connectivity index (χ3n) is 3.69. The summed E-state index contributed by atoms with van der Waals surface area (Å²) in [6.45, 7) is 16.4. The van der Waals surface area contributed by atoms with Crippen LogP contribution < -0.4 is 4.74 Å². The highest BCUT2D eigenvalue weighted by molar-refractivity contribution is 5.69. The summed E-state index contributed by atoms with van der Waals surface area (Å²) in [5.74, 6) is 0.585. The van der Waals surface area contributed by atoms with E-state index in [1.807, 2.05) is 45.0 Å². The summed E-state index contributed by atoms with van der Waals surface area (Å²) >= 11 is 0. The minimum absolute atomic E-state index is 0.227. The zero-order valence-corrected chi connectivity index (χ0v) is 17.8. The number of carbonyl (C=O) groups excluding carboxylic acids is 1. The number of rotatable bonds is 13. The van der Waals surface area contributed by atoms with Crippen molar-refractivity contribution in [2.24, 2.45) is 0 Å². The molecule has 0 atom stereocenters. The monoisotopic (exact) mass is 389 g/mol. The van der Waals surface area contributed by atoms with Gasteiger partial charge in [0.1, 0.15) is 19.0 Å². The number of ether oxygens (including phenoxy) is 3. The van der Waals surface area contributed by atoms with Gasteiger partial charge in [-0.2, -0.15) is 0 Å². The van der Waals surface area contributed by atoms with Gasteiger partial charge in [0.25, 0.3) is 0 Å². The first-order valence-electron chi connectivity index (χ1n) is 9.64. The van der Waals surface area contributed by atoms with Gasteiger partial charge in [0.05, 0.1) is 13.0 Å². The fraction of sp³-hybridized carbons (Fsp3) is 0.478. The van der Waals surface area contributed by atoms with Crippen LogP contribution in [0.2, 0.25) is 0 Å². The summed E-state index contributed by atoms with van der Waals surface area (Å²) in [7, 11) is 1.67. The first kappa shape index (κ1) is 25.7. The fourth-order valence-corrected chi connectivity index (χ4v) is 2.16. The molecule has 5 nitrogen and oxygen atoms in total. The van der Waals surface area contributed by atoms with Gasteiger partial charge in [-0.25, -0.2) is 0 Å². The second-order valence-corrected chi connectivity index (χ2v) is 5.88. The Morgan fingerprint density at radius 2 is 1.89 bits per heavy atom. The molecule has 0 aliphatic rings. The predicted octanol–water partition coefficient (Wildman–Crippen LogP) is 4.39. The Morgan fingerprint density at radius 1 is 1.21 bits per heavy atom. The number of hydrogen-bond acceptors (Lipinski definition) is 5. The van der Waals surface area contributed by atoms with Crippen LogP contribution in [0.1, 0.15) is 32.8 Å². The predicted molar refractivity (Wildman–Crippen MR) is 115 cm³/mol. The number of methoxy groups -OCH3 is 1. The van der Waals surface area contributed by atoms with E-state index in [2.05, 4.69) is 23.8 Å². The van der Waals surface area contributed by atoms with Gasteiger partial charge in [0, 0.05) is 32.3 Å². The third kappa shape index (κ3) is 12.1. The Labute approximate surface area is 170 Å². The lowest BCUT2D eigenvalue weighted by atomic mass is 10.2. The summed E-state index contributed by atoms with van der Waals surface area (Å²) in [5, 5.41) is 0. The lowest BCUT2D eigenvalue weighted by molar-refractivity contribution is -0.143. The van der Waals surface area contributed by atoms with Gasteiger partial charge in [-0.05, 0) is 24.6 Å². The molecule has 0 aromatic heterocycles. The van der Waals surface area contributed by atoms with Gasteiger partial charge >= 0.3 is 5.97 Å². The van der Waals surface area contributed by atoms with E-state index in [1.54, 1.807) is 13.2 Å². The molecule has 0 saturated heterocycles. The molecule has 1 aromatic carbocycles. The molecule has 1 rings (SSSR count). The molecular weight excluding hydrogens is 354 g/mol. The average molecular weight is 390 g/mol. The van der Waals surface area contributed by atoms with E-state index in [9.17, 15) is 4.79 Å². The van der Waals surface area contributed by atoms with Crippen LogP contribution in [0.15, 0.2) is 54.8 Å². The van der Waals surface area contributed by atoms with Gasteiger partial charge in [-0.15, -0.1) is 5.73 Å². The van der Waals surface area contributed by atoms with Crippen LogP contribution in [-0.4, -0.2) is 50.9 Å². The summed E-state index contributed by atoms with van der Waals surface area (Å²) in [6.07, 6.45) is 2.04. The SMILES string of the molecule is C=C=C(C)COC(=O)CCN(CCOC)Cc1ccc(OCC=C)cc1.CC. The fourth-order valence-electron chi connectivity index (χ4n) is 2.16. The molecule has 1 aromatic rings. The van der Waals surface area contributed by atoms with Gasteiger partial charge in [0.15, 0.2) is 0 Å². The van der Waals surface area contributed by atoms with E-state index in [0.29, 0.717) is 26.2 Å². The molecule has 0 radical (unpaired) electrons. The molecule has 156 valence electrons. The second kappa shape index (κ2) is 16.8. The van der Waals surface area contributed by atoms with E-state index < -0.39 is 0 Å². The zero-order chi connectivity index (χ0) is 21.2. The van der Waals surface area contributed by atoms with Crippen LogP contribution in [-0.2, 0) is 20.8 Å². The summed E-state index contributed by atoms with van der Waals surface area (Å²) < 4.78 is 15.9. The molecular formula is C23H35NO4. The largest absolute Gasteiger partial charge is 0.490 e. The van der Waals surface area contributed by atoms with Crippen molar-refractivity contribution in [3.05, 3.63) is 60.4 Å². The average Bonchev–Trinajstić information content (AvgIpc) is 2.74. The van der Waals surface area contributed by atoms with Crippen LogP contribution in [0.25, 0.3) is 0 Å². The van der Waals surface area contributed by atoms with E-state index in [0.717, 1.165) is 30.0 Å². The molecule has 0 N–H and O–H groups in total. The van der Waals surface area contributed by atoms with Gasteiger partial charge < -0.3 is 14.2 Å². The number of carbonyl (C=O) groups is 1. The van der Waals surface area contributed by atoms with E-state index >= 15 is 0 Å². The van der Waals surface area contributed by atoms with Gasteiger partial charge in [-0.1, -0.05) is 45.2 Å². The Bertz CT molecular complexity index is 604. The summed E-state index contributed by atoms with van der Waals surface area (Å²) in [5.41, 5.74) is 4.67. The van der Waals surface area contributed by atoms with Gasteiger partial charge in [-0.3, -0.25) is 9.69 Å². The van der Waals surface area contributed by atoms with Crippen molar-refractivity contribution < 1.29 is 19.0 Å². The quantitative estimate of drug-likeness (QED) is 0.284. The normalized spacial score (nSPS) is 9.75. The second-order valence-electron chi connectivity index (χ2n) is 5.88. The lowest BCUT2D eigenvalue weighted by Gasteiger charge is -2.21. The molecule has 0 amide bonds. The molecule has 0 saturated carbocycles.